The van der Waals surface area contributed by atoms with E-state index in [1.165, 1.54) is 11.8 Å². The van der Waals surface area contributed by atoms with E-state index in [1.807, 2.05) is 54.7 Å². The number of carbonyl (C=O) groups is 1. The van der Waals surface area contributed by atoms with Gasteiger partial charge in [-0.05, 0) is 23.8 Å². The van der Waals surface area contributed by atoms with Crippen LogP contribution in [0.4, 0.5) is 0 Å². The number of hydrogen-bond acceptors (Lipinski definition) is 4. The molecule has 0 atom stereocenters. The molecule has 0 saturated carbocycles. The maximum Gasteiger partial charge on any atom is 0.252 e. The fourth-order valence-corrected chi connectivity index (χ4v) is 3.07. The maximum absolute atomic E-state index is 12.4. The number of para-hydroxylation sites is 1. The van der Waals surface area contributed by atoms with Crippen LogP contribution in [0.1, 0.15) is 21.7 Å². The van der Waals surface area contributed by atoms with Gasteiger partial charge < -0.3 is 14.6 Å². The Morgan fingerprint density at radius 3 is 2.43 bits per heavy atom. The average Bonchev–Trinajstić information content (AvgIpc) is 3.22. The minimum atomic E-state index is -0.171. The molecule has 2 aromatic carbocycles. The highest BCUT2D eigenvalue weighted by atomic mass is 16.5. The second kappa shape index (κ2) is 9.52. The molecule has 0 aliphatic carbocycles. The van der Waals surface area contributed by atoms with E-state index >= 15 is 0 Å². The van der Waals surface area contributed by atoms with Crippen LogP contribution in [-0.4, -0.2) is 27.0 Å². The standard InChI is InChI=1S/C24H22N4O2/c29-24(20-11-12-23(27-17-20)30-21-9-5-2-6-10-21)26-14-13-22-25-15-16-28(22)18-19-7-3-1-4-8-19/h1-12,15-17H,13-14,18H2,(H,26,29). The summed E-state index contributed by atoms with van der Waals surface area (Å²) in [5, 5.41) is 2.92. The Labute approximate surface area is 175 Å². The molecule has 6 heteroatoms. The number of imidazole rings is 1. The van der Waals surface area contributed by atoms with Crippen LogP contribution in [0, 0.1) is 0 Å². The van der Waals surface area contributed by atoms with Crippen molar-refractivity contribution in [2.24, 2.45) is 0 Å². The molecule has 150 valence electrons. The highest BCUT2D eigenvalue weighted by Gasteiger charge is 2.08. The monoisotopic (exact) mass is 398 g/mol. The van der Waals surface area contributed by atoms with Gasteiger partial charge in [0.1, 0.15) is 11.6 Å². The topological polar surface area (TPSA) is 69.0 Å². The first-order chi connectivity index (χ1) is 14.8. The van der Waals surface area contributed by atoms with Crippen LogP contribution in [0.2, 0.25) is 0 Å². The first kappa shape index (κ1) is 19.4. The second-order valence-electron chi connectivity index (χ2n) is 6.76. The zero-order valence-corrected chi connectivity index (χ0v) is 16.4. The normalized spacial score (nSPS) is 10.5. The van der Waals surface area contributed by atoms with E-state index < -0.39 is 0 Å². The molecule has 30 heavy (non-hydrogen) atoms. The first-order valence-corrected chi connectivity index (χ1v) is 9.79. The molecule has 2 aromatic heterocycles. The summed E-state index contributed by atoms with van der Waals surface area (Å²) >= 11 is 0. The molecular formula is C24H22N4O2. The SMILES string of the molecule is O=C(NCCc1nccn1Cc1ccccc1)c1ccc(Oc2ccccc2)nc1. The number of carbonyl (C=O) groups excluding carboxylic acids is 1. The molecular weight excluding hydrogens is 376 g/mol. The van der Waals surface area contributed by atoms with Crippen molar-refractivity contribution in [3.63, 3.8) is 0 Å². The predicted octanol–water partition coefficient (Wildman–Crippen LogP) is 4.09. The molecule has 0 radical (unpaired) electrons. The molecule has 4 aromatic rings. The lowest BCUT2D eigenvalue weighted by Gasteiger charge is -2.09. The van der Waals surface area contributed by atoms with Gasteiger partial charge in [-0.15, -0.1) is 0 Å². The van der Waals surface area contributed by atoms with Crippen LogP contribution < -0.4 is 10.1 Å². The Bertz CT molecular complexity index is 1080. The fourth-order valence-electron chi connectivity index (χ4n) is 3.07. The maximum atomic E-state index is 12.4. The van der Waals surface area contributed by atoms with Crippen molar-refractivity contribution in [2.75, 3.05) is 6.54 Å². The lowest BCUT2D eigenvalue weighted by molar-refractivity contribution is 0.0953. The summed E-state index contributed by atoms with van der Waals surface area (Å²) in [6.07, 6.45) is 5.91. The highest BCUT2D eigenvalue weighted by molar-refractivity contribution is 5.93. The number of benzene rings is 2. The van der Waals surface area contributed by atoms with Crippen molar-refractivity contribution >= 4 is 5.91 Å². The van der Waals surface area contributed by atoms with Crippen LogP contribution in [0.3, 0.4) is 0 Å². The number of pyridine rings is 1. The molecule has 1 N–H and O–H groups in total. The van der Waals surface area contributed by atoms with Crippen molar-refractivity contribution in [2.45, 2.75) is 13.0 Å². The molecule has 4 rings (SSSR count). The van der Waals surface area contributed by atoms with E-state index in [0.717, 1.165) is 12.4 Å². The smallest absolute Gasteiger partial charge is 0.252 e. The highest BCUT2D eigenvalue weighted by Crippen LogP contribution is 2.18. The number of amides is 1. The third-order valence-electron chi connectivity index (χ3n) is 4.60. The lowest BCUT2D eigenvalue weighted by Crippen LogP contribution is -2.26. The van der Waals surface area contributed by atoms with Crippen LogP contribution in [-0.2, 0) is 13.0 Å². The quantitative estimate of drug-likeness (QED) is 0.485. The second-order valence-corrected chi connectivity index (χ2v) is 6.76. The van der Waals surface area contributed by atoms with E-state index in [4.69, 9.17) is 4.74 Å². The summed E-state index contributed by atoms with van der Waals surface area (Å²) in [6.45, 7) is 1.25. The molecule has 0 aliphatic rings. The van der Waals surface area contributed by atoms with Gasteiger partial charge >= 0.3 is 0 Å². The summed E-state index contributed by atoms with van der Waals surface area (Å²) in [4.78, 5) is 21.0. The number of aromatic nitrogens is 3. The van der Waals surface area contributed by atoms with Crippen LogP contribution in [0.5, 0.6) is 11.6 Å². The van der Waals surface area contributed by atoms with Crippen LogP contribution >= 0.6 is 0 Å². The van der Waals surface area contributed by atoms with Gasteiger partial charge in [-0.1, -0.05) is 48.5 Å². The molecule has 0 fully saturated rings. The van der Waals surface area contributed by atoms with Gasteiger partial charge in [-0.25, -0.2) is 9.97 Å². The minimum Gasteiger partial charge on any atom is -0.439 e. The Morgan fingerprint density at radius 2 is 1.70 bits per heavy atom. The molecule has 2 heterocycles. The number of nitrogens with zero attached hydrogens (tertiary/aromatic N) is 3. The van der Waals surface area contributed by atoms with Crippen molar-refractivity contribution < 1.29 is 9.53 Å². The summed E-state index contributed by atoms with van der Waals surface area (Å²) in [7, 11) is 0. The van der Waals surface area contributed by atoms with E-state index in [1.54, 1.807) is 18.3 Å². The van der Waals surface area contributed by atoms with Crippen molar-refractivity contribution in [3.8, 4) is 11.6 Å². The Morgan fingerprint density at radius 1 is 0.933 bits per heavy atom. The first-order valence-electron chi connectivity index (χ1n) is 9.79. The summed E-state index contributed by atoms with van der Waals surface area (Å²) in [5.74, 6) is 1.91. The number of ether oxygens (including phenoxy) is 1. The molecule has 1 amide bonds. The largest absolute Gasteiger partial charge is 0.439 e. The molecule has 6 nitrogen and oxygen atoms in total. The Kier molecular flexibility index (Phi) is 6.15. The average molecular weight is 398 g/mol. The van der Waals surface area contributed by atoms with Gasteiger partial charge in [0.25, 0.3) is 5.91 Å². The Hall–Kier alpha value is -3.93. The zero-order valence-electron chi connectivity index (χ0n) is 16.4. The van der Waals surface area contributed by atoms with E-state index in [-0.39, 0.29) is 5.91 Å². The third-order valence-corrected chi connectivity index (χ3v) is 4.60. The van der Waals surface area contributed by atoms with Gasteiger partial charge in [-0.2, -0.15) is 0 Å². The van der Waals surface area contributed by atoms with Gasteiger partial charge in [0.15, 0.2) is 0 Å². The number of hydrogen-bond donors (Lipinski definition) is 1. The van der Waals surface area contributed by atoms with Gasteiger partial charge in [0.05, 0.1) is 5.56 Å². The predicted molar refractivity (Wildman–Crippen MR) is 115 cm³/mol. The van der Waals surface area contributed by atoms with Gasteiger partial charge in [0.2, 0.25) is 5.88 Å². The molecule has 0 saturated heterocycles. The van der Waals surface area contributed by atoms with Gasteiger partial charge in [0, 0.05) is 44.2 Å². The van der Waals surface area contributed by atoms with E-state index in [0.29, 0.717) is 30.2 Å². The van der Waals surface area contributed by atoms with E-state index in [2.05, 4.69) is 32.0 Å². The van der Waals surface area contributed by atoms with Crippen molar-refractivity contribution in [1.29, 1.82) is 0 Å². The molecule has 0 bridgehead atoms. The molecule has 0 spiro atoms. The third kappa shape index (κ3) is 5.11. The Balaban J connectivity index is 1.29. The fraction of sp³-hybridized carbons (Fsp3) is 0.125. The minimum absolute atomic E-state index is 0.171. The number of nitrogens with one attached hydrogen (secondary N) is 1. The van der Waals surface area contributed by atoms with Crippen molar-refractivity contribution in [3.05, 3.63) is 108 Å². The zero-order chi connectivity index (χ0) is 20.6. The molecule has 0 unspecified atom stereocenters. The summed E-state index contributed by atoms with van der Waals surface area (Å²) < 4.78 is 7.75. The van der Waals surface area contributed by atoms with Crippen molar-refractivity contribution in [1.82, 2.24) is 19.9 Å². The van der Waals surface area contributed by atoms with Gasteiger partial charge in [-0.3, -0.25) is 4.79 Å². The van der Waals surface area contributed by atoms with E-state index in [9.17, 15) is 4.79 Å². The van der Waals surface area contributed by atoms with Crippen LogP contribution in [0.25, 0.3) is 0 Å². The summed E-state index contributed by atoms with van der Waals surface area (Å²) in [6, 6.07) is 23.0. The van der Waals surface area contributed by atoms with Crippen LogP contribution in [0.15, 0.2) is 91.4 Å². The molecule has 0 aliphatic heterocycles. The number of rotatable bonds is 8. The summed E-state index contributed by atoms with van der Waals surface area (Å²) in [5.41, 5.74) is 1.70. The lowest BCUT2D eigenvalue weighted by atomic mass is 10.2.